The molecule has 104 valence electrons. The highest BCUT2D eigenvalue weighted by atomic mass is 16.1. The van der Waals surface area contributed by atoms with Crippen LogP contribution in [0.4, 0.5) is 0 Å². The molecule has 18 heavy (non-hydrogen) atoms. The van der Waals surface area contributed by atoms with Crippen LogP contribution in [0.25, 0.3) is 0 Å². The Morgan fingerprint density at radius 2 is 1.33 bits per heavy atom. The maximum absolute atomic E-state index is 11.1. The van der Waals surface area contributed by atoms with Gasteiger partial charge in [-0.25, -0.2) is 0 Å². The fourth-order valence-corrected chi connectivity index (χ4v) is 2.12. The van der Waals surface area contributed by atoms with Crippen molar-refractivity contribution < 1.29 is 4.79 Å². The van der Waals surface area contributed by atoms with E-state index in [0.717, 1.165) is 12.8 Å². The third-order valence-corrected chi connectivity index (χ3v) is 3.26. The molecule has 0 aliphatic heterocycles. The van der Waals surface area contributed by atoms with E-state index < -0.39 is 0 Å². The average molecular weight is 251 g/mol. The number of ketones is 1. The van der Waals surface area contributed by atoms with E-state index in [1.165, 1.54) is 63.9 Å². The zero-order chi connectivity index (χ0) is 13.5. The predicted octanol–water partition coefficient (Wildman–Crippen LogP) is 5.06. The number of allylic oxidation sites excluding steroid dienone is 1. The van der Waals surface area contributed by atoms with E-state index in [0.29, 0.717) is 6.42 Å². The lowest BCUT2D eigenvalue weighted by Crippen LogP contribution is -1.92. The lowest BCUT2D eigenvalue weighted by Gasteiger charge is -2.01. The Bertz CT molecular complexity index is 241. The van der Waals surface area contributed by atoms with Crippen LogP contribution in [0, 0.1) is 5.41 Å². The van der Waals surface area contributed by atoms with Crippen molar-refractivity contribution in [3.8, 4) is 0 Å². The summed E-state index contributed by atoms with van der Waals surface area (Å²) in [5.74, 6) is 2.08. The van der Waals surface area contributed by atoms with Gasteiger partial charge in [-0.05, 0) is 12.3 Å². The molecule has 0 aromatic heterocycles. The highest BCUT2D eigenvalue weighted by molar-refractivity contribution is 5.96. The summed E-state index contributed by atoms with van der Waals surface area (Å²) in [6.07, 6.45) is 16.1. The molecule has 0 heterocycles. The quantitative estimate of drug-likeness (QED) is 0.277. The molecule has 0 atom stereocenters. The fourth-order valence-electron chi connectivity index (χ4n) is 2.12. The molecule has 0 unspecified atom stereocenters. The minimum atomic E-state index is 0.0425. The number of unbranched alkanes of at least 4 members (excludes halogenated alkanes) is 10. The number of rotatable bonds is 13. The molecule has 0 aliphatic carbocycles. The first-order chi connectivity index (χ1) is 8.81. The minimum Gasteiger partial charge on any atom is -0.294 e. The van der Waals surface area contributed by atoms with Crippen molar-refractivity contribution in [2.75, 3.05) is 0 Å². The van der Waals surface area contributed by atoms with Gasteiger partial charge >= 0.3 is 0 Å². The number of hydrogen-bond donors (Lipinski definition) is 1. The highest BCUT2D eigenvalue weighted by Crippen LogP contribution is 2.11. The fraction of sp³-hybridized carbons (Fsp3) is 0.812. The zero-order valence-corrected chi connectivity index (χ0v) is 12.0. The van der Waals surface area contributed by atoms with Crippen LogP contribution in [0.2, 0.25) is 0 Å². The minimum absolute atomic E-state index is 0.0425. The topological polar surface area (TPSA) is 40.9 Å². The third-order valence-electron chi connectivity index (χ3n) is 3.26. The Morgan fingerprint density at radius 3 is 1.78 bits per heavy atom. The van der Waals surface area contributed by atoms with E-state index in [9.17, 15) is 4.79 Å². The van der Waals surface area contributed by atoms with Crippen molar-refractivity contribution in [1.82, 2.24) is 0 Å². The number of carbonyl (C=O) groups is 1. The second-order valence-corrected chi connectivity index (χ2v) is 5.04. The van der Waals surface area contributed by atoms with Crippen LogP contribution in [0.15, 0.2) is 6.08 Å². The summed E-state index contributed by atoms with van der Waals surface area (Å²) in [4.78, 5) is 11.1. The van der Waals surface area contributed by atoms with Crippen LogP contribution in [0.5, 0.6) is 0 Å². The lowest BCUT2D eigenvalue weighted by molar-refractivity contribution is -0.114. The van der Waals surface area contributed by atoms with E-state index in [1.807, 2.05) is 5.87 Å². The van der Waals surface area contributed by atoms with Gasteiger partial charge in [-0.15, -0.1) is 0 Å². The number of nitrogens with one attached hydrogen (secondary N) is 1. The average Bonchev–Trinajstić information content (AvgIpc) is 2.36. The summed E-state index contributed by atoms with van der Waals surface area (Å²) in [6.45, 7) is 2.25. The Hall–Kier alpha value is -0.880. The van der Waals surface area contributed by atoms with Gasteiger partial charge in [0, 0.05) is 12.5 Å². The second kappa shape index (κ2) is 14.2. The normalized spacial score (nSPS) is 10.1. The first-order valence-corrected chi connectivity index (χ1v) is 7.59. The molecule has 0 aromatic carbocycles. The molecule has 0 amide bonds. The zero-order valence-electron chi connectivity index (χ0n) is 12.0. The van der Waals surface area contributed by atoms with Gasteiger partial charge in [0.15, 0.2) is 5.78 Å². The number of hydrogen-bond acceptors (Lipinski definition) is 2. The summed E-state index contributed by atoms with van der Waals surface area (Å²) in [7, 11) is 0. The molecule has 0 fully saturated rings. The molecule has 0 aromatic rings. The van der Waals surface area contributed by atoms with Crippen LogP contribution >= 0.6 is 0 Å². The molecule has 0 aliphatic rings. The maximum Gasteiger partial charge on any atom is 0.164 e. The van der Waals surface area contributed by atoms with Gasteiger partial charge in [0.05, 0.1) is 0 Å². The summed E-state index contributed by atoms with van der Waals surface area (Å²) in [5.41, 5.74) is 0. The largest absolute Gasteiger partial charge is 0.294 e. The Balaban J connectivity index is 3.07. The van der Waals surface area contributed by atoms with E-state index in [2.05, 4.69) is 6.92 Å². The van der Waals surface area contributed by atoms with Crippen LogP contribution in [0.3, 0.4) is 0 Å². The third kappa shape index (κ3) is 13.2. The monoisotopic (exact) mass is 251 g/mol. The van der Waals surface area contributed by atoms with Crippen LogP contribution in [0.1, 0.15) is 84.0 Å². The SMILES string of the molecule is CCCCCCCCCCCCCC(=O)C=C=N. The Kier molecular flexibility index (Phi) is 13.5. The highest BCUT2D eigenvalue weighted by Gasteiger charge is 1.97. The molecule has 2 heteroatoms. The molecule has 0 radical (unpaired) electrons. The van der Waals surface area contributed by atoms with Gasteiger partial charge in [0.25, 0.3) is 0 Å². The smallest absolute Gasteiger partial charge is 0.164 e. The van der Waals surface area contributed by atoms with Gasteiger partial charge in [-0.3, -0.25) is 10.2 Å². The van der Waals surface area contributed by atoms with E-state index in [1.54, 1.807) is 0 Å². The van der Waals surface area contributed by atoms with E-state index >= 15 is 0 Å². The van der Waals surface area contributed by atoms with Gasteiger partial charge in [-0.2, -0.15) is 0 Å². The van der Waals surface area contributed by atoms with Gasteiger partial charge in [-0.1, -0.05) is 71.1 Å². The van der Waals surface area contributed by atoms with Crippen molar-refractivity contribution in [3.05, 3.63) is 6.08 Å². The molecular weight excluding hydrogens is 222 g/mol. The van der Waals surface area contributed by atoms with Crippen molar-refractivity contribution in [1.29, 1.82) is 5.41 Å². The molecule has 2 nitrogen and oxygen atoms in total. The van der Waals surface area contributed by atoms with Crippen molar-refractivity contribution >= 4 is 11.7 Å². The molecule has 0 saturated carbocycles. The van der Waals surface area contributed by atoms with Crippen molar-refractivity contribution in [2.45, 2.75) is 84.0 Å². The molecule has 0 bridgehead atoms. The van der Waals surface area contributed by atoms with E-state index in [-0.39, 0.29) is 5.78 Å². The van der Waals surface area contributed by atoms with Crippen LogP contribution in [-0.4, -0.2) is 11.7 Å². The summed E-state index contributed by atoms with van der Waals surface area (Å²) >= 11 is 0. The standard InChI is InChI=1S/C16H29NO/c1-2-3-4-5-6-7-8-9-10-11-12-13-16(18)14-15-17/h14,17H,2-13H2,1H3. The Morgan fingerprint density at radius 1 is 0.889 bits per heavy atom. The maximum atomic E-state index is 11.1. The molecular formula is C16H29NO. The summed E-state index contributed by atoms with van der Waals surface area (Å²) in [5, 5.41) is 6.66. The van der Waals surface area contributed by atoms with Crippen molar-refractivity contribution in [3.63, 3.8) is 0 Å². The lowest BCUT2D eigenvalue weighted by atomic mass is 10.0. The van der Waals surface area contributed by atoms with Gasteiger partial charge in [0.1, 0.15) is 0 Å². The Labute approximate surface area is 112 Å². The number of carbonyl (C=O) groups excluding carboxylic acids is 1. The van der Waals surface area contributed by atoms with Crippen LogP contribution in [-0.2, 0) is 4.79 Å². The first-order valence-electron chi connectivity index (χ1n) is 7.59. The van der Waals surface area contributed by atoms with Crippen molar-refractivity contribution in [2.24, 2.45) is 0 Å². The summed E-state index contributed by atoms with van der Waals surface area (Å²) < 4.78 is 0. The predicted molar refractivity (Wildman–Crippen MR) is 78.4 cm³/mol. The second-order valence-electron chi connectivity index (χ2n) is 5.04. The molecule has 0 saturated heterocycles. The molecule has 0 spiro atoms. The molecule has 0 rings (SSSR count). The molecule has 1 N–H and O–H groups in total. The van der Waals surface area contributed by atoms with Crippen LogP contribution < -0.4 is 0 Å². The summed E-state index contributed by atoms with van der Waals surface area (Å²) in [6, 6.07) is 0. The first kappa shape index (κ1) is 17.1. The van der Waals surface area contributed by atoms with Gasteiger partial charge in [0.2, 0.25) is 0 Å². The van der Waals surface area contributed by atoms with E-state index in [4.69, 9.17) is 5.41 Å². The van der Waals surface area contributed by atoms with Gasteiger partial charge < -0.3 is 0 Å².